The molecule has 4 nitrogen and oxygen atoms in total. The molecule has 0 saturated heterocycles. The van der Waals surface area contributed by atoms with Crippen molar-refractivity contribution in [3.63, 3.8) is 0 Å². The van der Waals surface area contributed by atoms with Gasteiger partial charge in [0.05, 0.1) is 11.0 Å². The van der Waals surface area contributed by atoms with Gasteiger partial charge in [0, 0.05) is 11.6 Å². The van der Waals surface area contributed by atoms with Gasteiger partial charge in [-0.15, -0.1) is 0 Å². The molecule has 0 spiro atoms. The summed E-state index contributed by atoms with van der Waals surface area (Å²) in [6, 6.07) is 14.5. The van der Waals surface area contributed by atoms with Gasteiger partial charge in [0.15, 0.2) is 11.5 Å². The monoisotopic (exact) mass is 286 g/mol. The van der Waals surface area contributed by atoms with Crippen molar-refractivity contribution in [3.05, 3.63) is 54.2 Å². The molecule has 0 amide bonds. The molecule has 1 saturated carbocycles. The lowest BCUT2D eigenvalue weighted by Crippen LogP contribution is -1.88. The molecule has 0 bridgehead atoms. The maximum Gasteiger partial charge on any atom is 0.159 e. The zero-order chi connectivity index (χ0) is 14.5. The van der Waals surface area contributed by atoms with Crippen molar-refractivity contribution in [1.29, 1.82) is 0 Å². The number of nitrogens with zero attached hydrogens (tertiary/aromatic N) is 3. The molecular formula is C18H14N4. The van der Waals surface area contributed by atoms with E-state index in [0.717, 1.165) is 39.5 Å². The third-order valence-corrected chi connectivity index (χ3v) is 4.26. The van der Waals surface area contributed by atoms with Crippen LogP contribution in [-0.4, -0.2) is 19.9 Å². The number of hydrogen-bond acceptors (Lipinski definition) is 3. The SMILES string of the molecule is c1cnc2nc(-c3nc4ccc(C5CC5)cc4[nH]3)ccc2c1. The van der Waals surface area contributed by atoms with Crippen LogP contribution in [0.2, 0.25) is 0 Å². The summed E-state index contributed by atoms with van der Waals surface area (Å²) in [4.78, 5) is 17.0. The van der Waals surface area contributed by atoms with Gasteiger partial charge >= 0.3 is 0 Å². The minimum absolute atomic E-state index is 0.749. The maximum absolute atomic E-state index is 4.66. The third kappa shape index (κ3) is 1.88. The number of aromatic nitrogens is 4. The lowest BCUT2D eigenvalue weighted by molar-refractivity contribution is 1.13. The number of fused-ring (bicyclic) bond motifs is 2. The fourth-order valence-electron chi connectivity index (χ4n) is 2.90. The Morgan fingerprint density at radius 2 is 1.95 bits per heavy atom. The summed E-state index contributed by atoms with van der Waals surface area (Å²) >= 11 is 0. The summed E-state index contributed by atoms with van der Waals surface area (Å²) in [5.41, 5.74) is 5.06. The molecular weight excluding hydrogens is 272 g/mol. The molecule has 22 heavy (non-hydrogen) atoms. The van der Waals surface area contributed by atoms with E-state index >= 15 is 0 Å². The molecule has 1 aliphatic carbocycles. The Hall–Kier alpha value is -2.75. The molecule has 3 aromatic heterocycles. The third-order valence-electron chi connectivity index (χ3n) is 4.26. The number of hydrogen-bond donors (Lipinski definition) is 1. The Morgan fingerprint density at radius 1 is 1.00 bits per heavy atom. The van der Waals surface area contributed by atoms with Gasteiger partial charge in [-0.3, -0.25) is 0 Å². The van der Waals surface area contributed by atoms with Gasteiger partial charge in [-0.05, 0) is 60.7 Å². The van der Waals surface area contributed by atoms with Crippen LogP contribution in [0, 0.1) is 0 Å². The first-order valence-electron chi connectivity index (χ1n) is 7.59. The van der Waals surface area contributed by atoms with Gasteiger partial charge in [-0.25, -0.2) is 15.0 Å². The molecule has 106 valence electrons. The van der Waals surface area contributed by atoms with Gasteiger partial charge in [-0.2, -0.15) is 0 Å². The highest BCUT2D eigenvalue weighted by molar-refractivity contribution is 5.82. The summed E-state index contributed by atoms with van der Waals surface area (Å²) in [7, 11) is 0. The smallest absolute Gasteiger partial charge is 0.159 e. The number of imidazole rings is 1. The highest BCUT2D eigenvalue weighted by atomic mass is 15.0. The average Bonchev–Trinajstić information content (AvgIpc) is 3.33. The van der Waals surface area contributed by atoms with Crippen LogP contribution in [0.1, 0.15) is 24.3 Å². The molecule has 4 heteroatoms. The first kappa shape index (κ1) is 11.9. The standard InChI is InChI=1S/C18H14N4/c1-2-12-5-8-15(21-17(12)19-9-1)18-20-14-7-6-13(11-3-4-11)10-16(14)22-18/h1-2,5-11H,3-4H2,(H,20,22). The number of aromatic amines is 1. The first-order chi connectivity index (χ1) is 10.9. The first-order valence-corrected chi connectivity index (χ1v) is 7.59. The summed E-state index contributed by atoms with van der Waals surface area (Å²) in [6.07, 6.45) is 4.38. The quantitative estimate of drug-likeness (QED) is 0.605. The van der Waals surface area contributed by atoms with E-state index in [1.807, 2.05) is 24.3 Å². The summed E-state index contributed by atoms with van der Waals surface area (Å²) in [5.74, 6) is 1.55. The summed E-state index contributed by atoms with van der Waals surface area (Å²) in [6.45, 7) is 0. The zero-order valence-electron chi connectivity index (χ0n) is 12.0. The van der Waals surface area contributed by atoms with Gasteiger partial charge in [0.25, 0.3) is 0 Å². The van der Waals surface area contributed by atoms with Gasteiger partial charge < -0.3 is 4.98 Å². The molecule has 1 N–H and O–H groups in total. The predicted octanol–water partition coefficient (Wildman–Crippen LogP) is 4.05. The second-order valence-electron chi connectivity index (χ2n) is 5.88. The van der Waals surface area contributed by atoms with Crippen LogP contribution in [0.3, 0.4) is 0 Å². The van der Waals surface area contributed by atoms with E-state index in [1.54, 1.807) is 6.20 Å². The van der Waals surface area contributed by atoms with Crippen LogP contribution >= 0.6 is 0 Å². The molecule has 5 rings (SSSR count). The lowest BCUT2D eigenvalue weighted by atomic mass is 10.1. The Labute approximate surface area is 127 Å². The van der Waals surface area contributed by atoms with Crippen LogP contribution in [-0.2, 0) is 0 Å². The molecule has 3 heterocycles. The number of H-pyrrole nitrogens is 1. The normalized spacial score (nSPS) is 14.7. The van der Waals surface area contributed by atoms with Crippen molar-refractivity contribution in [1.82, 2.24) is 19.9 Å². The lowest BCUT2D eigenvalue weighted by Gasteiger charge is -1.98. The van der Waals surface area contributed by atoms with Gasteiger partial charge in [0.2, 0.25) is 0 Å². The van der Waals surface area contributed by atoms with E-state index in [4.69, 9.17) is 0 Å². The Morgan fingerprint density at radius 3 is 2.86 bits per heavy atom. The number of rotatable bonds is 2. The molecule has 0 radical (unpaired) electrons. The van der Waals surface area contributed by atoms with E-state index in [2.05, 4.69) is 38.1 Å². The molecule has 1 fully saturated rings. The summed E-state index contributed by atoms with van der Waals surface area (Å²) < 4.78 is 0. The number of nitrogens with one attached hydrogen (secondary N) is 1. The van der Waals surface area contributed by atoms with E-state index < -0.39 is 0 Å². The fraction of sp³-hybridized carbons (Fsp3) is 0.167. The van der Waals surface area contributed by atoms with Crippen molar-refractivity contribution in [3.8, 4) is 11.5 Å². The zero-order valence-corrected chi connectivity index (χ0v) is 12.0. The van der Waals surface area contributed by atoms with Crippen molar-refractivity contribution in [2.75, 3.05) is 0 Å². The topological polar surface area (TPSA) is 54.5 Å². The van der Waals surface area contributed by atoms with Crippen molar-refractivity contribution in [2.45, 2.75) is 18.8 Å². The van der Waals surface area contributed by atoms with Crippen LogP contribution in [0.4, 0.5) is 0 Å². The Bertz CT molecular complexity index is 998. The fourth-order valence-corrected chi connectivity index (χ4v) is 2.90. The van der Waals surface area contributed by atoms with Gasteiger partial charge in [0.1, 0.15) is 5.69 Å². The minimum Gasteiger partial charge on any atom is -0.337 e. The van der Waals surface area contributed by atoms with Crippen molar-refractivity contribution in [2.24, 2.45) is 0 Å². The molecule has 0 atom stereocenters. The van der Waals surface area contributed by atoms with Crippen LogP contribution in [0.15, 0.2) is 48.7 Å². The van der Waals surface area contributed by atoms with E-state index in [0.29, 0.717) is 0 Å². The maximum atomic E-state index is 4.66. The summed E-state index contributed by atoms with van der Waals surface area (Å²) in [5, 5.41) is 1.04. The highest BCUT2D eigenvalue weighted by Crippen LogP contribution is 2.40. The highest BCUT2D eigenvalue weighted by Gasteiger charge is 2.23. The molecule has 1 aliphatic rings. The largest absolute Gasteiger partial charge is 0.337 e. The Balaban J connectivity index is 1.64. The molecule has 0 aliphatic heterocycles. The number of pyridine rings is 2. The minimum atomic E-state index is 0.749. The second-order valence-corrected chi connectivity index (χ2v) is 5.88. The van der Waals surface area contributed by atoms with Gasteiger partial charge in [-0.1, -0.05) is 6.07 Å². The van der Waals surface area contributed by atoms with Crippen LogP contribution in [0.25, 0.3) is 33.6 Å². The average molecular weight is 286 g/mol. The van der Waals surface area contributed by atoms with E-state index in [-0.39, 0.29) is 0 Å². The Kier molecular flexibility index (Phi) is 2.36. The van der Waals surface area contributed by atoms with Crippen LogP contribution in [0.5, 0.6) is 0 Å². The van der Waals surface area contributed by atoms with Crippen molar-refractivity contribution >= 4 is 22.1 Å². The van der Waals surface area contributed by atoms with E-state index in [9.17, 15) is 0 Å². The number of benzene rings is 1. The molecule has 1 aromatic carbocycles. The predicted molar refractivity (Wildman–Crippen MR) is 86.6 cm³/mol. The molecule has 0 unspecified atom stereocenters. The second kappa shape index (κ2) is 4.37. The van der Waals surface area contributed by atoms with E-state index in [1.165, 1.54) is 18.4 Å². The van der Waals surface area contributed by atoms with Crippen LogP contribution < -0.4 is 0 Å². The molecule has 4 aromatic rings. The van der Waals surface area contributed by atoms with Crippen molar-refractivity contribution < 1.29 is 0 Å².